The Labute approximate surface area is 115 Å². The number of anilines is 1. The summed E-state index contributed by atoms with van der Waals surface area (Å²) in [6, 6.07) is 3.43. The first-order chi connectivity index (χ1) is 9.60. The molecule has 20 heavy (non-hydrogen) atoms. The van der Waals surface area contributed by atoms with Crippen molar-refractivity contribution in [1.82, 2.24) is 9.55 Å². The number of benzene rings is 1. The van der Waals surface area contributed by atoms with E-state index in [9.17, 15) is 14.5 Å². The highest BCUT2D eigenvalue weighted by Crippen LogP contribution is 2.20. The number of aromatic nitrogens is 2. The molecule has 1 heterocycles. The van der Waals surface area contributed by atoms with Crippen LogP contribution in [0, 0.1) is 15.9 Å². The minimum Gasteiger partial charge on any atom is -0.379 e. The van der Waals surface area contributed by atoms with E-state index in [2.05, 4.69) is 17.2 Å². The van der Waals surface area contributed by atoms with Gasteiger partial charge in [0.1, 0.15) is 5.82 Å². The van der Waals surface area contributed by atoms with Crippen LogP contribution in [0.15, 0.2) is 30.7 Å². The molecule has 1 aromatic carbocycles. The molecule has 2 aromatic rings. The Kier molecular flexibility index (Phi) is 4.29. The standard InChI is InChI=1S/C13H15FN4O2/c1-2-3-17-9-15-7-13(17)8-16-11-4-10(14)5-12(6-11)18(19)20/h4-7,9,16H,2-3,8H2,1H3. The molecular weight excluding hydrogens is 263 g/mol. The molecule has 0 aliphatic heterocycles. The quantitative estimate of drug-likeness (QED) is 0.651. The Balaban J connectivity index is 2.10. The Bertz CT molecular complexity index is 612. The van der Waals surface area contributed by atoms with Gasteiger partial charge in [-0.2, -0.15) is 0 Å². The third-order valence-electron chi connectivity index (χ3n) is 2.83. The van der Waals surface area contributed by atoms with Crippen LogP contribution in [-0.4, -0.2) is 14.5 Å². The van der Waals surface area contributed by atoms with Gasteiger partial charge in [-0.1, -0.05) is 6.92 Å². The van der Waals surface area contributed by atoms with Gasteiger partial charge in [-0.25, -0.2) is 9.37 Å². The number of hydrogen-bond donors (Lipinski definition) is 1. The Morgan fingerprint density at radius 3 is 2.95 bits per heavy atom. The van der Waals surface area contributed by atoms with Crippen LogP contribution in [-0.2, 0) is 13.1 Å². The second-order valence-corrected chi connectivity index (χ2v) is 4.39. The molecule has 0 aliphatic rings. The van der Waals surface area contributed by atoms with Crippen LogP contribution in [0.25, 0.3) is 0 Å². The highest BCUT2D eigenvalue weighted by atomic mass is 19.1. The monoisotopic (exact) mass is 278 g/mol. The van der Waals surface area contributed by atoms with Crippen molar-refractivity contribution >= 4 is 11.4 Å². The predicted octanol–water partition coefficient (Wildman–Crippen LogP) is 2.95. The average molecular weight is 278 g/mol. The van der Waals surface area contributed by atoms with Gasteiger partial charge in [0.25, 0.3) is 5.69 Å². The number of nitrogens with zero attached hydrogens (tertiary/aromatic N) is 3. The SMILES string of the molecule is CCCn1cncc1CNc1cc(F)cc([N+](=O)[O-])c1. The van der Waals surface area contributed by atoms with Gasteiger partial charge in [-0.3, -0.25) is 10.1 Å². The van der Waals surface area contributed by atoms with Gasteiger partial charge in [0.05, 0.1) is 29.6 Å². The fourth-order valence-electron chi connectivity index (χ4n) is 1.91. The minimum absolute atomic E-state index is 0.269. The normalized spacial score (nSPS) is 10.5. The van der Waals surface area contributed by atoms with E-state index in [1.165, 1.54) is 12.1 Å². The smallest absolute Gasteiger partial charge is 0.274 e. The summed E-state index contributed by atoms with van der Waals surface area (Å²) in [4.78, 5) is 14.1. The van der Waals surface area contributed by atoms with Crippen molar-refractivity contribution in [2.75, 3.05) is 5.32 Å². The van der Waals surface area contributed by atoms with E-state index in [1.807, 2.05) is 4.57 Å². The number of aryl methyl sites for hydroxylation is 1. The molecule has 7 heteroatoms. The zero-order valence-electron chi connectivity index (χ0n) is 11.0. The lowest BCUT2D eigenvalue weighted by atomic mass is 10.2. The molecule has 106 valence electrons. The molecule has 2 rings (SSSR count). The van der Waals surface area contributed by atoms with Crippen LogP contribution in [0.3, 0.4) is 0 Å². The number of halogens is 1. The van der Waals surface area contributed by atoms with E-state index in [0.717, 1.165) is 24.7 Å². The fourth-order valence-corrected chi connectivity index (χ4v) is 1.91. The molecular formula is C13H15FN4O2. The first kappa shape index (κ1) is 14.0. The Morgan fingerprint density at radius 2 is 2.25 bits per heavy atom. The van der Waals surface area contributed by atoms with Crippen molar-refractivity contribution in [1.29, 1.82) is 0 Å². The summed E-state index contributed by atoms with van der Waals surface area (Å²) in [6.45, 7) is 3.34. The van der Waals surface area contributed by atoms with Crippen molar-refractivity contribution in [3.05, 3.63) is 52.3 Å². The van der Waals surface area contributed by atoms with Crippen molar-refractivity contribution < 1.29 is 9.31 Å². The maximum absolute atomic E-state index is 13.3. The van der Waals surface area contributed by atoms with E-state index >= 15 is 0 Å². The molecule has 0 atom stereocenters. The van der Waals surface area contributed by atoms with E-state index in [-0.39, 0.29) is 5.69 Å². The van der Waals surface area contributed by atoms with Crippen molar-refractivity contribution in [2.45, 2.75) is 26.4 Å². The molecule has 0 spiro atoms. The highest BCUT2D eigenvalue weighted by molar-refractivity contribution is 5.51. The van der Waals surface area contributed by atoms with E-state index in [0.29, 0.717) is 12.2 Å². The minimum atomic E-state index is -0.635. The van der Waals surface area contributed by atoms with Crippen LogP contribution in [0.4, 0.5) is 15.8 Å². The predicted molar refractivity (Wildman–Crippen MR) is 72.9 cm³/mol. The maximum Gasteiger partial charge on any atom is 0.274 e. The largest absolute Gasteiger partial charge is 0.379 e. The number of nitro groups is 1. The lowest BCUT2D eigenvalue weighted by molar-refractivity contribution is -0.385. The lowest BCUT2D eigenvalue weighted by Crippen LogP contribution is -2.07. The zero-order chi connectivity index (χ0) is 14.5. The molecule has 1 aromatic heterocycles. The lowest BCUT2D eigenvalue weighted by Gasteiger charge is -2.09. The third kappa shape index (κ3) is 3.31. The van der Waals surface area contributed by atoms with Gasteiger partial charge in [-0.05, 0) is 12.5 Å². The van der Waals surface area contributed by atoms with Crippen LogP contribution >= 0.6 is 0 Å². The molecule has 6 nitrogen and oxygen atoms in total. The summed E-state index contributed by atoms with van der Waals surface area (Å²) < 4.78 is 15.3. The molecule has 0 aliphatic carbocycles. The maximum atomic E-state index is 13.3. The first-order valence-corrected chi connectivity index (χ1v) is 6.28. The van der Waals surface area contributed by atoms with Crippen molar-refractivity contribution in [3.63, 3.8) is 0 Å². The van der Waals surface area contributed by atoms with Gasteiger partial charge >= 0.3 is 0 Å². The first-order valence-electron chi connectivity index (χ1n) is 6.28. The number of non-ortho nitro benzene ring substituents is 1. The number of nitrogens with one attached hydrogen (secondary N) is 1. The van der Waals surface area contributed by atoms with Gasteiger partial charge in [0.15, 0.2) is 0 Å². The Hall–Kier alpha value is -2.44. The summed E-state index contributed by atoms with van der Waals surface area (Å²) in [5.41, 5.74) is 1.05. The molecule has 0 bridgehead atoms. The molecule has 0 radical (unpaired) electrons. The summed E-state index contributed by atoms with van der Waals surface area (Å²) in [5, 5.41) is 13.7. The number of hydrogen-bond acceptors (Lipinski definition) is 4. The number of imidazole rings is 1. The second-order valence-electron chi connectivity index (χ2n) is 4.39. The van der Waals surface area contributed by atoms with Crippen molar-refractivity contribution in [3.8, 4) is 0 Å². The summed E-state index contributed by atoms with van der Waals surface area (Å²) in [5.74, 6) is -0.635. The summed E-state index contributed by atoms with van der Waals surface area (Å²) in [6.07, 6.45) is 4.43. The number of nitro benzene ring substituents is 1. The fraction of sp³-hybridized carbons (Fsp3) is 0.308. The summed E-state index contributed by atoms with van der Waals surface area (Å²) in [7, 11) is 0. The number of rotatable bonds is 6. The van der Waals surface area contributed by atoms with Crippen LogP contribution in [0.1, 0.15) is 19.0 Å². The van der Waals surface area contributed by atoms with Gasteiger partial charge in [0, 0.05) is 24.5 Å². The molecule has 0 saturated heterocycles. The van der Waals surface area contributed by atoms with E-state index in [1.54, 1.807) is 12.5 Å². The molecule has 1 N–H and O–H groups in total. The van der Waals surface area contributed by atoms with Crippen LogP contribution in [0.2, 0.25) is 0 Å². The average Bonchev–Trinajstić information content (AvgIpc) is 2.83. The van der Waals surface area contributed by atoms with Gasteiger partial charge in [0.2, 0.25) is 0 Å². The Morgan fingerprint density at radius 1 is 1.45 bits per heavy atom. The van der Waals surface area contributed by atoms with Gasteiger partial charge in [-0.15, -0.1) is 0 Å². The molecule has 0 fully saturated rings. The third-order valence-corrected chi connectivity index (χ3v) is 2.83. The molecule has 0 saturated carbocycles. The highest BCUT2D eigenvalue weighted by Gasteiger charge is 2.10. The van der Waals surface area contributed by atoms with Crippen LogP contribution in [0.5, 0.6) is 0 Å². The molecule has 0 unspecified atom stereocenters. The second kappa shape index (κ2) is 6.14. The van der Waals surface area contributed by atoms with E-state index in [4.69, 9.17) is 0 Å². The van der Waals surface area contributed by atoms with Crippen molar-refractivity contribution in [2.24, 2.45) is 0 Å². The van der Waals surface area contributed by atoms with Crippen LogP contribution < -0.4 is 5.32 Å². The zero-order valence-corrected chi connectivity index (χ0v) is 11.0. The molecule has 0 amide bonds. The van der Waals surface area contributed by atoms with Gasteiger partial charge < -0.3 is 9.88 Å². The topological polar surface area (TPSA) is 73.0 Å². The summed E-state index contributed by atoms with van der Waals surface area (Å²) >= 11 is 0. The van der Waals surface area contributed by atoms with E-state index < -0.39 is 10.7 Å².